The minimum absolute atomic E-state index is 0.167. The topological polar surface area (TPSA) is 0 Å². The predicted molar refractivity (Wildman–Crippen MR) is 144 cm³/mol. The van der Waals surface area contributed by atoms with Crippen molar-refractivity contribution < 1.29 is 4.39 Å². The third-order valence-corrected chi connectivity index (χ3v) is 6.50. The summed E-state index contributed by atoms with van der Waals surface area (Å²) in [5, 5.41) is 1.51. The zero-order valence-corrected chi connectivity index (χ0v) is 20.3. The molecule has 4 aromatic carbocycles. The highest BCUT2D eigenvalue weighted by Gasteiger charge is 2.10. The van der Waals surface area contributed by atoms with Crippen LogP contribution in [0.2, 0.25) is 0 Å². The SMILES string of the molecule is CCCCCCCc1ccc(-c2ccc3cc(C#Cc4ccc(CC)cc4)ccc3c2F)cc1. The Kier molecular flexibility index (Phi) is 8.16. The molecular weight excluding hydrogens is 415 g/mol. The van der Waals surface area contributed by atoms with E-state index in [0.29, 0.717) is 10.9 Å². The molecule has 0 unspecified atom stereocenters. The monoisotopic (exact) mass is 448 g/mol. The minimum Gasteiger partial charge on any atom is -0.206 e. The normalized spacial score (nSPS) is 10.8. The lowest BCUT2D eigenvalue weighted by atomic mass is 9.97. The smallest absolute Gasteiger partial charge is 0.138 e. The lowest BCUT2D eigenvalue weighted by Crippen LogP contribution is -1.90. The highest BCUT2D eigenvalue weighted by molar-refractivity contribution is 5.89. The Morgan fingerprint density at radius 3 is 2.06 bits per heavy atom. The molecule has 4 rings (SSSR count). The van der Waals surface area contributed by atoms with E-state index < -0.39 is 0 Å². The second kappa shape index (κ2) is 11.7. The van der Waals surface area contributed by atoms with E-state index in [1.54, 1.807) is 0 Å². The van der Waals surface area contributed by atoms with Gasteiger partial charge in [0.25, 0.3) is 0 Å². The van der Waals surface area contributed by atoms with Gasteiger partial charge in [0.2, 0.25) is 0 Å². The molecular formula is C33H33F. The Hall–Kier alpha value is -3.37. The molecule has 0 saturated carbocycles. The summed E-state index contributed by atoms with van der Waals surface area (Å²) in [7, 11) is 0. The number of unbranched alkanes of at least 4 members (excludes halogenated alkanes) is 4. The maximum atomic E-state index is 15.4. The van der Waals surface area contributed by atoms with Crippen LogP contribution in [0.1, 0.15) is 68.2 Å². The maximum Gasteiger partial charge on any atom is 0.138 e. The number of benzene rings is 4. The largest absolute Gasteiger partial charge is 0.206 e. The number of rotatable bonds is 8. The van der Waals surface area contributed by atoms with Crippen LogP contribution in [0, 0.1) is 17.7 Å². The van der Waals surface area contributed by atoms with Crippen molar-refractivity contribution in [1.29, 1.82) is 0 Å². The van der Waals surface area contributed by atoms with Gasteiger partial charge >= 0.3 is 0 Å². The Balaban J connectivity index is 1.49. The van der Waals surface area contributed by atoms with Gasteiger partial charge < -0.3 is 0 Å². The molecule has 172 valence electrons. The molecule has 34 heavy (non-hydrogen) atoms. The molecule has 0 aromatic heterocycles. The maximum absolute atomic E-state index is 15.4. The van der Waals surface area contributed by atoms with Gasteiger partial charge in [-0.2, -0.15) is 0 Å². The fourth-order valence-electron chi connectivity index (χ4n) is 4.34. The average molecular weight is 449 g/mol. The van der Waals surface area contributed by atoms with Gasteiger partial charge in [-0.15, -0.1) is 0 Å². The fraction of sp³-hybridized carbons (Fsp3) is 0.273. The molecule has 4 aromatic rings. The third-order valence-electron chi connectivity index (χ3n) is 6.50. The molecule has 0 radical (unpaired) electrons. The molecule has 0 nitrogen and oxygen atoms in total. The van der Waals surface area contributed by atoms with Crippen molar-refractivity contribution in [1.82, 2.24) is 0 Å². The van der Waals surface area contributed by atoms with Gasteiger partial charge in [0.1, 0.15) is 5.82 Å². The first kappa shape index (κ1) is 23.8. The average Bonchev–Trinajstić information content (AvgIpc) is 2.88. The summed E-state index contributed by atoms with van der Waals surface area (Å²) in [5.74, 6) is 6.27. The van der Waals surface area contributed by atoms with Gasteiger partial charge in [-0.1, -0.05) is 106 Å². The first-order chi connectivity index (χ1) is 16.7. The Bertz CT molecular complexity index is 1280. The van der Waals surface area contributed by atoms with Gasteiger partial charge in [0, 0.05) is 22.1 Å². The lowest BCUT2D eigenvalue weighted by Gasteiger charge is -2.09. The van der Waals surface area contributed by atoms with Crippen LogP contribution in [0.15, 0.2) is 78.9 Å². The Morgan fingerprint density at radius 1 is 0.647 bits per heavy atom. The summed E-state index contributed by atoms with van der Waals surface area (Å²) in [5.41, 5.74) is 6.09. The molecule has 0 spiro atoms. The van der Waals surface area contributed by atoms with E-state index in [1.807, 2.05) is 30.3 Å². The predicted octanol–water partition coefficient (Wildman–Crippen LogP) is 9.12. The van der Waals surface area contributed by atoms with Crippen molar-refractivity contribution in [2.75, 3.05) is 0 Å². The molecule has 0 heterocycles. The third kappa shape index (κ3) is 5.95. The fourth-order valence-corrected chi connectivity index (χ4v) is 4.34. The second-order valence-electron chi connectivity index (χ2n) is 9.02. The van der Waals surface area contributed by atoms with E-state index in [0.717, 1.165) is 34.9 Å². The first-order valence-electron chi connectivity index (χ1n) is 12.6. The number of fused-ring (bicyclic) bond motifs is 1. The highest BCUT2D eigenvalue weighted by atomic mass is 19.1. The van der Waals surface area contributed by atoms with Crippen LogP contribution in [-0.4, -0.2) is 0 Å². The van der Waals surface area contributed by atoms with Gasteiger partial charge in [-0.05, 0) is 65.6 Å². The molecule has 1 heteroatoms. The van der Waals surface area contributed by atoms with Crippen LogP contribution >= 0.6 is 0 Å². The Morgan fingerprint density at radius 2 is 1.32 bits per heavy atom. The number of hydrogen-bond donors (Lipinski definition) is 0. The second-order valence-corrected chi connectivity index (χ2v) is 9.02. The zero-order valence-electron chi connectivity index (χ0n) is 20.3. The molecule has 0 amide bonds. The summed E-state index contributed by atoms with van der Waals surface area (Å²) in [6, 6.07) is 26.3. The van der Waals surface area contributed by atoms with Gasteiger partial charge in [0.05, 0.1) is 0 Å². The van der Waals surface area contributed by atoms with E-state index >= 15 is 4.39 Å². The van der Waals surface area contributed by atoms with E-state index in [4.69, 9.17) is 0 Å². The number of aryl methyl sites for hydroxylation is 2. The van der Waals surface area contributed by atoms with Crippen LogP contribution in [0.4, 0.5) is 4.39 Å². The summed E-state index contributed by atoms with van der Waals surface area (Å²) in [6.07, 6.45) is 8.53. The molecule has 0 saturated heterocycles. The van der Waals surface area contributed by atoms with Crippen molar-refractivity contribution in [3.63, 3.8) is 0 Å². The molecule has 0 atom stereocenters. The van der Waals surface area contributed by atoms with Crippen LogP contribution in [0.3, 0.4) is 0 Å². The molecule has 0 fully saturated rings. The van der Waals surface area contributed by atoms with Gasteiger partial charge in [-0.3, -0.25) is 0 Å². The summed E-state index contributed by atoms with van der Waals surface area (Å²) in [6.45, 7) is 4.39. The van der Waals surface area contributed by atoms with Crippen LogP contribution in [0.5, 0.6) is 0 Å². The van der Waals surface area contributed by atoms with Crippen molar-refractivity contribution in [2.45, 2.75) is 58.8 Å². The molecule has 0 aliphatic carbocycles. The van der Waals surface area contributed by atoms with Gasteiger partial charge in [0.15, 0.2) is 0 Å². The molecule has 0 aliphatic heterocycles. The van der Waals surface area contributed by atoms with Crippen LogP contribution in [-0.2, 0) is 12.8 Å². The highest BCUT2D eigenvalue weighted by Crippen LogP contribution is 2.30. The first-order valence-corrected chi connectivity index (χ1v) is 12.6. The molecule has 0 bridgehead atoms. The van der Waals surface area contributed by atoms with Crippen molar-refractivity contribution in [3.8, 4) is 23.0 Å². The quantitative estimate of drug-likeness (QED) is 0.186. The van der Waals surface area contributed by atoms with E-state index in [-0.39, 0.29) is 5.82 Å². The molecule has 0 aliphatic rings. The van der Waals surface area contributed by atoms with Crippen LogP contribution < -0.4 is 0 Å². The zero-order chi connectivity index (χ0) is 23.8. The van der Waals surface area contributed by atoms with Crippen molar-refractivity contribution in [2.24, 2.45) is 0 Å². The van der Waals surface area contributed by atoms with Crippen molar-refractivity contribution in [3.05, 3.63) is 107 Å². The molecule has 0 N–H and O–H groups in total. The standard InChI is InChI=1S/C33H33F/c1-3-5-6-7-8-9-26-16-19-29(20-17-26)31-23-21-30-24-28(18-22-32(30)33(31)34)15-14-27-12-10-25(4-2)11-13-27/h10-13,16-24H,3-9H2,1-2H3. The van der Waals surface area contributed by atoms with E-state index in [1.165, 1.54) is 43.2 Å². The van der Waals surface area contributed by atoms with E-state index in [9.17, 15) is 0 Å². The van der Waals surface area contributed by atoms with E-state index in [2.05, 4.69) is 74.2 Å². The lowest BCUT2D eigenvalue weighted by molar-refractivity contribution is 0.632. The summed E-state index contributed by atoms with van der Waals surface area (Å²) < 4.78 is 15.4. The number of halogens is 1. The number of hydrogen-bond acceptors (Lipinski definition) is 0. The van der Waals surface area contributed by atoms with Crippen molar-refractivity contribution >= 4 is 10.8 Å². The summed E-state index contributed by atoms with van der Waals surface area (Å²) >= 11 is 0. The van der Waals surface area contributed by atoms with Gasteiger partial charge in [-0.25, -0.2) is 4.39 Å². The van der Waals surface area contributed by atoms with Crippen LogP contribution in [0.25, 0.3) is 21.9 Å². The summed E-state index contributed by atoms with van der Waals surface area (Å²) in [4.78, 5) is 0. The minimum atomic E-state index is -0.167. The Labute approximate surface area is 203 Å².